The Bertz CT molecular complexity index is 1840. The molecular formula is C39H35I6NO6. The second-order valence-electron chi connectivity index (χ2n) is 13.3. The maximum Gasteiger partial charge on any atom is 0.344 e. The second kappa shape index (κ2) is 18.7. The van der Waals surface area contributed by atoms with E-state index >= 15 is 0 Å². The number of rotatable bonds is 11. The second-order valence-corrected chi connectivity index (χ2v) is 20.2. The molecule has 1 aliphatic rings. The van der Waals surface area contributed by atoms with E-state index in [9.17, 15) is 14.4 Å². The maximum absolute atomic E-state index is 13.4. The molecule has 4 aromatic rings. The summed E-state index contributed by atoms with van der Waals surface area (Å²) >= 11 is 13.2. The third kappa shape index (κ3) is 10.7. The lowest BCUT2D eigenvalue weighted by Crippen LogP contribution is -2.43. The van der Waals surface area contributed by atoms with Gasteiger partial charge in [-0.3, -0.25) is 4.79 Å². The Balaban J connectivity index is 1.38. The lowest BCUT2D eigenvalue weighted by molar-refractivity contribution is -0.163. The summed E-state index contributed by atoms with van der Waals surface area (Å²) in [5, 5.41) is 3.38. The van der Waals surface area contributed by atoms with E-state index in [4.69, 9.17) is 14.2 Å². The topological polar surface area (TPSA) is 90.9 Å². The molecule has 4 aromatic carbocycles. The third-order valence-corrected chi connectivity index (χ3v) is 16.7. The van der Waals surface area contributed by atoms with Crippen molar-refractivity contribution in [2.45, 2.75) is 57.5 Å². The van der Waals surface area contributed by atoms with Crippen LogP contribution in [0, 0.1) is 27.3 Å². The first-order valence-corrected chi connectivity index (χ1v) is 22.9. The number of ether oxygens (including phenoxy) is 3. The molecule has 274 valence electrons. The predicted octanol–water partition coefficient (Wildman–Crippen LogP) is 11.2. The van der Waals surface area contributed by atoms with Crippen LogP contribution in [0.3, 0.4) is 0 Å². The Morgan fingerprint density at radius 1 is 0.673 bits per heavy atom. The zero-order valence-electron chi connectivity index (χ0n) is 28.5. The van der Waals surface area contributed by atoms with E-state index in [0.29, 0.717) is 35.0 Å². The van der Waals surface area contributed by atoms with E-state index in [1.54, 1.807) is 24.3 Å². The standard InChI is InChI=1S/C39H35I6NO6/c1-38(2,22-13-16-46-17-14-22)52-33(47)12-15-39(3,23-4-8-27(9-5-23)50-36(48)29-18-25(40)20-31(42)34(29)44)24-6-10-28(11-7-24)51-37(49)30-19-26(41)21-32(43)35(30)45/h4-11,18-22,46H,12-17H2,1-3H3. The average Bonchev–Trinajstić information content (AvgIpc) is 3.11. The van der Waals surface area contributed by atoms with Gasteiger partial charge in [-0.05, 0) is 241 Å². The molecule has 5 rings (SSSR count). The highest BCUT2D eigenvalue weighted by atomic mass is 127. The van der Waals surface area contributed by atoms with Crippen molar-refractivity contribution in [2.75, 3.05) is 13.1 Å². The number of esters is 3. The summed E-state index contributed by atoms with van der Waals surface area (Å²) < 4.78 is 23.3. The fourth-order valence-corrected chi connectivity index (χ4v) is 11.0. The Morgan fingerprint density at radius 3 is 1.52 bits per heavy atom. The van der Waals surface area contributed by atoms with Gasteiger partial charge in [0, 0.05) is 39.2 Å². The van der Waals surface area contributed by atoms with Crippen LogP contribution >= 0.6 is 136 Å². The van der Waals surface area contributed by atoms with Crippen molar-refractivity contribution in [1.82, 2.24) is 5.32 Å². The van der Waals surface area contributed by atoms with Gasteiger partial charge in [-0.15, -0.1) is 0 Å². The van der Waals surface area contributed by atoms with E-state index in [0.717, 1.165) is 58.5 Å². The van der Waals surface area contributed by atoms with Crippen LogP contribution in [0.5, 0.6) is 11.5 Å². The van der Waals surface area contributed by atoms with Crippen molar-refractivity contribution >= 4 is 153 Å². The maximum atomic E-state index is 13.4. The van der Waals surface area contributed by atoms with Crippen LogP contribution in [0.25, 0.3) is 0 Å². The molecular weight excluding hydrogens is 1340 g/mol. The highest BCUT2D eigenvalue weighted by molar-refractivity contribution is 14.1. The van der Waals surface area contributed by atoms with E-state index in [1.165, 1.54) is 0 Å². The molecule has 0 bridgehead atoms. The van der Waals surface area contributed by atoms with E-state index < -0.39 is 23.0 Å². The highest BCUT2D eigenvalue weighted by Crippen LogP contribution is 2.39. The smallest absolute Gasteiger partial charge is 0.344 e. The number of carbonyl (C=O) groups is 3. The summed E-state index contributed by atoms with van der Waals surface area (Å²) in [6.45, 7) is 7.96. The lowest BCUT2D eigenvalue weighted by atomic mass is 9.73. The van der Waals surface area contributed by atoms with Gasteiger partial charge >= 0.3 is 17.9 Å². The quantitative estimate of drug-likeness (QED) is 0.0692. The average molecular weight is 1380 g/mol. The van der Waals surface area contributed by atoms with Crippen LogP contribution in [0.2, 0.25) is 0 Å². The van der Waals surface area contributed by atoms with Crippen molar-refractivity contribution in [3.8, 4) is 11.5 Å². The SMILES string of the molecule is CC(CCC(=O)OC(C)(C)C1CCNCC1)(c1ccc(OC(=O)c2cc(I)cc(I)c2I)cc1)c1ccc(OC(=O)c2cc(I)cc(I)c2I)cc1. The minimum Gasteiger partial charge on any atom is -0.459 e. The minimum atomic E-state index is -0.634. The van der Waals surface area contributed by atoms with Crippen molar-refractivity contribution in [2.24, 2.45) is 5.92 Å². The van der Waals surface area contributed by atoms with Gasteiger partial charge in [-0.25, -0.2) is 9.59 Å². The molecule has 0 atom stereocenters. The van der Waals surface area contributed by atoms with E-state index in [2.05, 4.69) is 148 Å². The molecule has 0 unspecified atom stereocenters. The van der Waals surface area contributed by atoms with Crippen LogP contribution in [0.15, 0.2) is 72.8 Å². The van der Waals surface area contributed by atoms with Crippen LogP contribution in [-0.4, -0.2) is 36.6 Å². The summed E-state index contributed by atoms with van der Waals surface area (Å²) in [4.78, 5) is 39.8. The van der Waals surface area contributed by atoms with Crippen LogP contribution < -0.4 is 14.8 Å². The van der Waals surface area contributed by atoms with Crippen LogP contribution in [-0.2, 0) is 14.9 Å². The summed E-state index contributed by atoms with van der Waals surface area (Å²) in [6, 6.07) is 22.6. The predicted molar refractivity (Wildman–Crippen MR) is 253 cm³/mol. The molecule has 0 amide bonds. The van der Waals surface area contributed by atoms with E-state index in [1.807, 2.05) is 62.4 Å². The molecule has 1 heterocycles. The molecule has 52 heavy (non-hydrogen) atoms. The molecule has 0 aromatic heterocycles. The first-order chi connectivity index (χ1) is 24.6. The summed E-state index contributed by atoms with van der Waals surface area (Å²) in [7, 11) is 0. The van der Waals surface area contributed by atoms with Crippen molar-refractivity contribution < 1.29 is 28.6 Å². The fraction of sp³-hybridized carbons (Fsp3) is 0.308. The molecule has 1 aliphatic heterocycles. The zero-order valence-corrected chi connectivity index (χ0v) is 41.4. The van der Waals surface area contributed by atoms with Crippen molar-refractivity contribution in [3.05, 3.63) is 116 Å². The molecule has 7 nitrogen and oxygen atoms in total. The lowest BCUT2D eigenvalue weighted by Gasteiger charge is -2.37. The molecule has 0 radical (unpaired) electrons. The van der Waals surface area contributed by atoms with Gasteiger partial charge < -0.3 is 19.5 Å². The van der Waals surface area contributed by atoms with Gasteiger partial charge in [0.25, 0.3) is 0 Å². The van der Waals surface area contributed by atoms with Gasteiger partial charge in [0.2, 0.25) is 0 Å². The van der Waals surface area contributed by atoms with Crippen LogP contribution in [0.1, 0.15) is 78.3 Å². The monoisotopic (exact) mass is 1370 g/mol. The Morgan fingerprint density at radius 2 is 1.10 bits per heavy atom. The largest absolute Gasteiger partial charge is 0.459 e. The summed E-state index contributed by atoms with van der Waals surface area (Å²) in [5.74, 6) is 0.0589. The molecule has 0 aliphatic carbocycles. The number of benzene rings is 4. The molecule has 1 saturated heterocycles. The van der Waals surface area contributed by atoms with Crippen LogP contribution in [0.4, 0.5) is 0 Å². The number of hydrogen-bond donors (Lipinski definition) is 1. The zero-order chi connectivity index (χ0) is 37.8. The summed E-state index contributed by atoms with van der Waals surface area (Å²) in [6.07, 6.45) is 2.60. The molecule has 1 N–H and O–H groups in total. The highest BCUT2D eigenvalue weighted by Gasteiger charge is 2.36. The Kier molecular flexibility index (Phi) is 15.4. The summed E-state index contributed by atoms with van der Waals surface area (Å²) in [5.41, 5.74) is 1.71. The van der Waals surface area contributed by atoms with E-state index in [-0.39, 0.29) is 12.4 Å². The number of carbonyl (C=O) groups excluding carboxylic acids is 3. The third-order valence-electron chi connectivity index (χ3n) is 9.36. The molecule has 13 heteroatoms. The van der Waals surface area contributed by atoms with Crippen molar-refractivity contribution in [1.29, 1.82) is 0 Å². The fourth-order valence-electron chi connectivity index (χ4n) is 6.27. The molecule has 1 fully saturated rings. The number of nitrogens with one attached hydrogen (secondary N) is 1. The molecule has 0 spiro atoms. The minimum absolute atomic E-state index is 0.200. The van der Waals surface area contributed by atoms with Gasteiger partial charge in [0.05, 0.1) is 11.1 Å². The first kappa shape index (κ1) is 42.8. The van der Waals surface area contributed by atoms with Gasteiger partial charge in [-0.2, -0.15) is 0 Å². The number of piperidine rings is 1. The number of halogens is 6. The van der Waals surface area contributed by atoms with Gasteiger partial charge in [0.1, 0.15) is 17.1 Å². The van der Waals surface area contributed by atoms with Crippen molar-refractivity contribution in [3.63, 3.8) is 0 Å². The van der Waals surface area contributed by atoms with Gasteiger partial charge in [-0.1, -0.05) is 31.2 Å². The van der Waals surface area contributed by atoms with Gasteiger partial charge in [0.15, 0.2) is 0 Å². The number of hydrogen-bond acceptors (Lipinski definition) is 7. The normalized spacial score (nSPS) is 13.8. The Labute approximate surface area is 386 Å². The molecule has 0 saturated carbocycles. The Hall–Kier alpha value is -0.370. The first-order valence-electron chi connectivity index (χ1n) is 16.4.